The van der Waals surface area contributed by atoms with Gasteiger partial charge in [-0.2, -0.15) is 4.31 Å². The van der Waals surface area contributed by atoms with E-state index in [0.29, 0.717) is 5.56 Å². The lowest BCUT2D eigenvalue weighted by molar-refractivity contribution is 0.0697. The predicted molar refractivity (Wildman–Crippen MR) is 92.2 cm³/mol. The number of benzene rings is 2. The first kappa shape index (κ1) is 17.6. The minimum Gasteiger partial charge on any atom is -0.336 e. The van der Waals surface area contributed by atoms with Crippen molar-refractivity contribution < 1.29 is 17.6 Å². The van der Waals surface area contributed by atoms with Gasteiger partial charge in [-0.25, -0.2) is 12.8 Å². The highest BCUT2D eigenvalue weighted by Gasteiger charge is 2.30. The maximum Gasteiger partial charge on any atom is 0.254 e. The summed E-state index contributed by atoms with van der Waals surface area (Å²) in [6.45, 7) is 2.63. The van der Waals surface area contributed by atoms with Crippen LogP contribution < -0.4 is 0 Å². The summed E-state index contributed by atoms with van der Waals surface area (Å²) < 4.78 is 40.2. The largest absolute Gasteiger partial charge is 0.336 e. The molecule has 0 saturated carbocycles. The fourth-order valence-electron chi connectivity index (χ4n) is 2.78. The summed E-state index contributed by atoms with van der Waals surface area (Å²) in [5.41, 5.74) is 0.762. The number of nitrogens with zero attached hydrogens (tertiary/aromatic N) is 2. The summed E-state index contributed by atoms with van der Waals surface area (Å²) in [6.07, 6.45) is 0. The number of carbonyl (C=O) groups is 1. The number of carbonyl (C=O) groups excluding carboxylic acids is 1. The van der Waals surface area contributed by atoms with E-state index in [0.717, 1.165) is 0 Å². The van der Waals surface area contributed by atoms with Crippen LogP contribution >= 0.6 is 0 Å². The molecule has 1 amide bonds. The molecule has 2 aromatic rings. The number of halogens is 1. The summed E-state index contributed by atoms with van der Waals surface area (Å²) in [7, 11) is -3.55. The Hall–Kier alpha value is -2.25. The Balaban J connectivity index is 1.69. The molecule has 5 nitrogen and oxygen atoms in total. The molecule has 1 aliphatic heterocycles. The first-order valence-corrected chi connectivity index (χ1v) is 9.44. The van der Waals surface area contributed by atoms with E-state index in [-0.39, 0.29) is 42.5 Å². The zero-order valence-corrected chi connectivity index (χ0v) is 14.7. The minimum atomic E-state index is -3.55. The van der Waals surface area contributed by atoms with Crippen molar-refractivity contribution >= 4 is 15.9 Å². The first-order chi connectivity index (χ1) is 11.9. The van der Waals surface area contributed by atoms with Crippen LogP contribution in [0.4, 0.5) is 4.39 Å². The Morgan fingerprint density at radius 1 is 1.00 bits per heavy atom. The summed E-state index contributed by atoms with van der Waals surface area (Å²) >= 11 is 0. The smallest absolute Gasteiger partial charge is 0.254 e. The van der Waals surface area contributed by atoms with Gasteiger partial charge < -0.3 is 4.90 Å². The van der Waals surface area contributed by atoms with E-state index in [1.54, 1.807) is 54.3 Å². The predicted octanol–water partition coefficient (Wildman–Crippen LogP) is 2.28. The second-order valence-corrected chi connectivity index (χ2v) is 7.91. The molecule has 0 bridgehead atoms. The second kappa shape index (κ2) is 6.93. The number of piperazine rings is 1. The van der Waals surface area contributed by atoms with Gasteiger partial charge in [0.2, 0.25) is 10.0 Å². The van der Waals surface area contributed by atoms with E-state index >= 15 is 0 Å². The third-order valence-electron chi connectivity index (χ3n) is 4.33. The summed E-state index contributed by atoms with van der Waals surface area (Å²) in [6, 6.07) is 12.6. The van der Waals surface area contributed by atoms with Gasteiger partial charge in [-0.1, -0.05) is 24.3 Å². The maximum atomic E-state index is 13.7. The van der Waals surface area contributed by atoms with E-state index in [1.807, 2.05) is 0 Å². The molecule has 0 N–H and O–H groups in total. The number of sulfonamides is 1. The lowest BCUT2D eigenvalue weighted by Crippen LogP contribution is -2.50. The van der Waals surface area contributed by atoms with Crippen LogP contribution in [0.15, 0.2) is 53.4 Å². The van der Waals surface area contributed by atoms with Gasteiger partial charge in [0.05, 0.1) is 4.90 Å². The van der Waals surface area contributed by atoms with Crippen molar-refractivity contribution in [2.45, 2.75) is 11.8 Å². The molecule has 2 aromatic carbocycles. The van der Waals surface area contributed by atoms with Crippen molar-refractivity contribution in [3.05, 3.63) is 65.5 Å². The molecule has 132 valence electrons. The van der Waals surface area contributed by atoms with Crippen LogP contribution in [0.5, 0.6) is 0 Å². The number of hydrogen-bond acceptors (Lipinski definition) is 3. The maximum absolute atomic E-state index is 13.7. The molecule has 7 heteroatoms. The van der Waals surface area contributed by atoms with E-state index in [9.17, 15) is 17.6 Å². The molecule has 25 heavy (non-hydrogen) atoms. The molecular weight excluding hydrogens is 343 g/mol. The molecule has 0 aromatic heterocycles. The normalized spacial score (nSPS) is 16.0. The number of hydrogen-bond donors (Lipinski definition) is 0. The summed E-state index contributed by atoms with van der Waals surface area (Å²) in [5.74, 6) is -0.702. The Bertz CT molecular complexity index is 876. The minimum absolute atomic E-state index is 0.220. The van der Waals surface area contributed by atoms with Crippen molar-refractivity contribution in [1.29, 1.82) is 0 Å². The highest BCUT2D eigenvalue weighted by molar-refractivity contribution is 7.89. The number of amides is 1. The zero-order chi connectivity index (χ0) is 18.0. The average molecular weight is 362 g/mol. The molecule has 3 rings (SSSR count). The molecule has 0 radical (unpaired) electrons. The van der Waals surface area contributed by atoms with Crippen molar-refractivity contribution in [3.63, 3.8) is 0 Å². The Kier molecular flexibility index (Phi) is 4.87. The second-order valence-electron chi connectivity index (χ2n) is 5.97. The van der Waals surface area contributed by atoms with Gasteiger partial charge in [-0.3, -0.25) is 4.79 Å². The first-order valence-electron chi connectivity index (χ1n) is 8.00. The molecule has 1 saturated heterocycles. The molecule has 0 spiro atoms. The molecular formula is C18H19FN2O3S. The van der Waals surface area contributed by atoms with E-state index < -0.39 is 15.8 Å². The van der Waals surface area contributed by atoms with Crippen LogP contribution in [0, 0.1) is 12.7 Å². The molecule has 1 heterocycles. The summed E-state index contributed by atoms with van der Waals surface area (Å²) in [4.78, 5) is 14.3. The highest BCUT2D eigenvalue weighted by Crippen LogP contribution is 2.18. The molecule has 0 atom stereocenters. The van der Waals surface area contributed by atoms with Crippen molar-refractivity contribution in [2.75, 3.05) is 26.2 Å². The lowest BCUT2D eigenvalue weighted by Gasteiger charge is -2.34. The van der Waals surface area contributed by atoms with Gasteiger partial charge in [-0.05, 0) is 36.8 Å². The van der Waals surface area contributed by atoms with E-state index in [1.165, 1.54) is 10.4 Å². The zero-order valence-electron chi connectivity index (χ0n) is 13.9. The molecule has 0 aliphatic carbocycles. The van der Waals surface area contributed by atoms with Crippen molar-refractivity contribution in [2.24, 2.45) is 0 Å². The fourth-order valence-corrected chi connectivity index (χ4v) is 4.22. The van der Waals surface area contributed by atoms with Crippen LogP contribution in [0.1, 0.15) is 15.9 Å². The van der Waals surface area contributed by atoms with E-state index in [2.05, 4.69) is 0 Å². The van der Waals surface area contributed by atoms with Gasteiger partial charge in [0.15, 0.2) is 0 Å². The van der Waals surface area contributed by atoms with Gasteiger partial charge in [-0.15, -0.1) is 0 Å². The van der Waals surface area contributed by atoms with Crippen LogP contribution in [-0.2, 0) is 10.0 Å². The standard InChI is InChI=1S/C18H19FN2O3S/c1-14-7-8-15(13-17(14)19)18(22)20-9-11-21(12-10-20)25(23,24)16-5-3-2-4-6-16/h2-8,13H,9-12H2,1H3. The highest BCUT2D eigenvalue weighted by atomic mass is 32.2. The van der Waals surface area contributed by atoms with Crippen molar-refractivity contribution in [1.82, 2.24) is 9.21 Å². The van der Waals surface area contributed by atoms with Crippen LogP contribution in [0.3, 0.4) is 0 Å². The number of rotatable bonds is 3. The average Bonchev–Trinajstić information content (AvgIpc) is 2.64. The van der Waals surface area contributed by atoms with Crippen LogP contribution in [-0.4, -0.2) is 49.7 Å². The molecule has 0 unspecified atom stereocenters. The van der Waals surface area contributed by atoms with E-state index in [4.69, 9.17) is 0 Å². The van der Waals surface area contributed by atoms with Gasteiger partial charge in [0, 0.05) is 31.7 Å². The topological polar surface area (TPSA) is 57.7 Å². The molecule has 1 fully saturated rings. The van der Waals surface area contributed by atoms with Gasteiger partial charge >= 0.3 is 0 Å². The molecule has 1 aliphatic rings. The SMILES string of the molecule is Cc1ccc(C(=O)N2CCN(S(=O)(=O)c3ccccc3)CC2)cc1F. The summed E-state index contributed by atoms with van der Waals surface area (Å²) in [5, 5.41) is 0. The fraction of sp³-hybridized carbons (Fsp3) is 0.278. The Morgan fingerprint density at radius 2 is 1.64 bits per heavy atom. The third kappa shape index (κ3) is 3.57. The third-order valence-corrected chi connectivity index (χ3v) is 6.24. The Labute approximate surface area is 146 Å². The Morgan fingerprint density at radius 3 is 2.24 bits per heavy atom. The lowest BCUT2D eigenvalue weighted by atomic mass is 10.1. The van der Waals surface area contributed by atoms with Crippen molar-refractivity contribution in [3.8, 4) is 0 Å². The quantitative estimate of drug-likeness (QED) is 0.842. The van der Waals surface area contributed by atoms with Gasteiger partial charge in [0.1, 0.15) is 5.82 Å². The van der Waals surface area contributed by atoms with Crippen LogP contribution in [0.25, 0.3) is 0 Å². The van der Waals surface area contributed by atoms with Crippen LogP contribution in [0.2, 0.25) is 0 Å². The number of aryl methyl sites for hydroxylation is 1. The monoisotopic (exact) mass is 362 g/mol. The van der Waals surface area contributed by atoms with Gasteiger partial charge in [0.25, 0.3) is 5.91 Å².